The van der Waals surface area contributed by atoms with Crippen LogP contribution in [0.5, 0.6) is 0 Å². The summed E-state index contributed by atoms with van der Waals surface area (Å²) in [6.07, 6.45) is 0. The van der Waals surface area contributed by atoms with Crippen molar-refractivity contribution in [3.63, 3.8) is 0 Å². The Morgan fingerprint density at radius 3 is 1.69 bits per heavy atom. The Hall–Kier alpha value is -4.69. The number of hydrogen-bond donors (Lipinski definition) is 1. The Morgan fingerprint density at radius 1 is 0.472 bits per heavy atom. The first-order chi connectivity index (χ1) is 17.7. The normalized spacial score (nSPS) is 11.6. The second kappa shape index (κ2) is 7.93. The van der Waals surface area contributed by atoms with E-state index in [2.05, 4.69) is 109 Å². The SMILES string of the molecule is Cc1ccc2[nH]c(=O)c3ccc(-c4c5ccccc5c(-c5ccccc5)c5ccccc45)cc3c2c1. The van der Waals surface area contributed by atoms with Gasteiger partial charge in [-0.25, -0.2) is 0 Å². The average molecular weight is 462 g/mol. The quantitative estimate of drug-likeness (QED) is 0.203. The molecule has 0 bridgehead atoms. The first-order valence-electron chi connectivity index (χ1n) is 12.2. The van der Waals surface area contributed by atoms with Gasteiger partial charge < -0.3 is 4.98 Å². The van der Waals surface area contributed by atoms with E-state index in [1.165, 1.54) is 43.8 Å². The lowest BCUT2D eigenvalue weighted by atomic mass is 9.85. The van der Waals surface area contributed by atoms with E-state index in [0.717, 1.165) is 21.9 Å². The minimum Gasteiger partial charge on any atom is -0.321 e. The molecular weight excluding hydrogens is 438 g/mol. The molecule has 0 amide bonds. The smallest absolute Gasteiger partial charge is 0.256 e. The zero-order valence-corrected chi connectivity index (χ0v) is 19.9. The van der Waals surface area contributed by atoms with Crippen molar-refractivity contribution in [2.75, 3.05) is 0 Å². The van der Waals surface area contributed by atoms with Crippen molar-refractivity contribution < 1.29 is 0 Å². The van der Waals surface area contributed by atoms with Crippen LogP contribution >= 0.6 is 0 Å². The molecule has 1 heterocycles. The Morgan fingerprint density at radius 2 is 1.06 bits per heavy atom. The first-order valence-corrected chi connectivity index (χ1v) is 12.2. The molecule has 0 atom stereocenters. The highest BCUT2D eigenvalue weighted by Gasteiger charge is 2.17. The van der Waals surface area contributed by atoms with E-state index in [1.807, 2.05) is 18.2 Å². The second-order valence-corrected chi connectivity index (χ2v) is 9.47. The maximum absolute atomic E-state index is 12.9. The van der Waals surface area contributed by atoms with Gasteiger partial charge in [0.15, 0.2) is 0 Å². The van der Waals surface area contributed by atoms with Crippen LogP contribution in [0.15, 0.2) is 120 Å². The van der Waals surface area contributed by atoms with Crippen LogP contribution in [0.1, 0.15) is 5.56 Å². The topological polar surface area (TPSA) is 32.9 Å². The summed E-state index contributed by atoms with van der Waals surface area (Å²) < 4.78 is 0. The van der Waals surface area contributed by atoms with Crippen molar-refractivity contribution in [2.24, 2.45) is 0 Å². The lowest BCUT2D eigenvalue weighted by molar-refractivity contribution is 1.34. The van der Waals surface area contributed by atoms with E-state index < -0.39 is 0 Å². The van der Waals surface area contributed by atoms with Crippen LogP contribution in [0.25, 0.3) is 65.5 Å². The number of rotatable bonds is 2. The first kappa shape index (κ1) is 20.7. The lowest BCUT2D eigenvalue weighted by Crippen LogP contribution is -2.06. The molecule has 7 aromatic rings. The minimum atomic E-state index is -0.0537. The van der Waals surface area contributed by atoms with E-state index in [9.17, 15) is 4.79 Å². The van der Waals surface area contributed by atoms with Gasteiger partial charge in [0.25, 0.3) is 5.56 Å². The van der Waals surface area contributed by atoms with Crippen LogP contribution in [0.2, 0.25) is 0 Å². The molecule has 0 unspecified atom stereocenters. The van der Waals surface area contributed by atoms with Gasteiger partial charge in [-0.2, -0.15) is 0 Å². The molecule has 36 heavy (non-hydrogen) atoms. The van der Waals surface area contributed by atoms with Crippen molar-refractivity contribution in [1.82, 2.24) is 4.98 Å². The van der Waals surface area contributed by atoms with Gasteiger partial charge in [-0.05, 0) is 80.4 Å². The van der Waals surface area contributed by atoms with E-state index >= 15 is 0 Å². The summed E-state index contributed by atoms with van der Waals surface area (Å²) in [7, 11) is 0. The zero-order valence-electron chi connectivity index (χ0n) is 19.9. The number of H-pyrrole nitrogens is 1. The predicted octanol–water partition coefficient (Wildman–Crippen LogP) is 8.63. The van der Waals surface area contributed by atoms with Gasteiger partial charge in [0, 0.05) is 16.3 Å². The Labute approximate surface area is 208 Å². The second-order valence-electron chi connectivity index (χ2n) is 9.47. The molecule has 7 rings (SSSR count). The number of nitrogens with one attached hydrogen (secondary N) is 1. The molecule has 6 aromatic carbocycles. The Kier molecular flexibility index (Phi) is 4.55. The van der Waals surface area contributed by atoms with Crippen molar-refractivity contribution in [1.29, 1.82) is 0 Å². The minimum absolute atomic E-state index is 0.0537. The number of aryl methyl sites for hydroxylation is 1. The average Bonchev–Trinajstić information content (AvgIpc) is 2.92. The molecule has 0 spiro atoms. The fourth-order valence-electron chi connectivity index (χ4n) is 5.66. The van der Waals surface area contributed by atoms with Gasteiger partial charge in [-0.15, -0.1) is 0 Å². The molecular formula is C34H23NO. The summed E-state index contributed by atoms with van der Waals surface area (Å²) in [6.45, 7) is 2.09. The van der Waals surface area contributed by atoms with Crippen LogP contribution in [-0.2, 0) is 0 Å². The standard InChI is InChI=1S/C34H23NO/c1-21-15-18-31-30(19-21)29-20-23(16-17-28(29)34(36)35-31)33-26-13-7-5-11-24(26)32(22-9-3-2-4-10-22)25-12-6-8-14-27(25)33/h2-20H,1H3,(H,35,36). The summed E-state index contributed by atoms with van der Waals surface area (Å²) in [6, 6.07) is 40.4. The lowest BCUT2D eigenvalue weighted by Gasteiger charge is -2.18. The van der Waals surface area contributed by atoms with Crippen molar-refractivity contribution in [3.05, 3.63) is 131 Å². The molecule has 2 heteroatoms. The van der Waals surface area contributed by atoms with Crippen LogP contribution in [-0.4, -0.2) is 4.98 Å². The van der Waals surface area contributed by atoms with Gasteiger partial charge in [-0.1, -0.05) is 96.6 Å². The fourth-order valence-corrected chi connectivity index (χ4v) is 5.66. The highest BCUT2D eigenvalue weighted by molar-refractivity contribution is 6.22. The van der Waals surface area contributed by atoms with Gasteiger partial charge in [-0.3, -0.25) is 4.79 Å². The number of aromatic amines is 1. The molecule has 0 radical (unpaired) electrons. The monoisotopic (exact) mass is 461 g/mol. The van der Waals surface area contributed by atoms with E-state index in [1.54, 1.807) is 0 Å². The van der Waals surface area contributed by atoms with Crippen LogP contribution in [0.3, 0.4) is 0 Å². The molecule has 1 N–H and O–H groups in total. The van der Waals surface area contributed by atoms with E-state index in [0.29, 0.717) is 5.39 Å². The molecule has 0 saturated carbocycles. The van der Waals surface area contributed by atoms with E-state index in [4.69, 9.17) is 0 Å². The number of benzene rings is 6. The third kappa shape index (κ3) is 3.08. The maximum Gasteiger partial charge on any atom is 0.256 e. The predicted molar refractivity (Wildman–Crippen MR) is 153 cm³/mol. The summed E-state index contributed by atoms with van der Waals surface area (Å²) in [4.78, 5) is 15.9. The van der Waals surface area contributed by atoms with Gasteiger partial charge in [0.2, 0.25) is 0 Å². The molecule has 0 aliphatic rings. The number of pyridine rings is 1. The summed E-state index contributed by atoms with van der Waals surface area (Å²) in [5, 5.41) is 7.63. The third-order valence-corrected chi connectivity index (χ3v) is 7.26. The van der Waals surface area contributed by atoms with Crippen LogP contribution in [0, 0.1) is 6.92 Å². The Balaban J connectivity index is 1.64. The fraction of sp³-hybridized carbons (Fsp3) is 0.0294. The van der Waals surface area contributed by atoms with Gasteiger partial charge >= 0.3 is 0 Å². The molecule has 1 aromatic heterocycles. The molecule has 2 nitrogen and oxygen atoms in total. The van der Waals surface area contributed by atoms with Gasteiger partial charge in [0.05, 0.1) is 0 Å². The molecule has 170 valence electrons. The van der Waals surface area contributed by atoms with Crippen molar-refractivity contribution in [3.8, 4) is 22.3 Å². The Bertz CT molecular complexity index is 1960. The highest BCUT2D eigenvalue weighted by Crippen LogP contribution is 2.44. The summed E-state index contributed by atoms with van der Waals surface area (Å²) >= 11 is 0. The summed E-state index contributed by atoms with van der Waals surface area (Å²) in [5.74, 6) is 0. The molecule has 0 fully saturated rings. The van der Waals surface area contributed by atoms with Gasteiger partial charge in [0.1, 0.15) is 0 Å². The number of fused-ring (bicyclic) bond motifs is 5. The molecule has 0 aliphatic heterocycles. The van der Waals surface area contributed by atoms with Crippen molar-refractivity contribution >= 4 is 43.2 Å². The van der Waals surface area contributed by atoms with Crippen LogP contribution in [0.4, 0.5) is 0 Å². The molecule has 0 aliphatic carbocycles. The van der Waals surface area contributed by atoms with E-state index in [-0.39, 0.29) is 5.56 Å². The summed E-state index contributed by atoms with van der Waals surface area (Å²) in [5.41, 5.74) is 6.76. The third-order valence-electron chi connectivity index (χ3n) is 7.26. The molecule has 0 saturated heterocycles. The highest BCUT2D eigenvalue weighted by atomic mass is 16.1. The van der Waals surface area contributed by atoms with Crippen LogP contribution < -0.4 is 5.56 Å². The number of aromatic nitrogens is 1. The van der Waals surface area contributed by atoms with Crippen molar-refractivity contribution in [2.45, 2.75) is 6.92 Å². The maximum atomic E-state index is 12.9. The zero-order chi connectivity index (χ0) is 24.2. The largest absolute Gasteiger partial charge is 0.321 e. The number of hydrogen-bond acceptors (Lipinski definition) is 1.